The largest absolute Gasteiger partial charge is 0.497 e. The molecular weight excluding hydrogens is 436 g/mol. The Morgan fingerprint density at radius 1 is 0.943 bits per heavy atom. The topological polar surface area (TPSA) is 67.3 Å². The number of hydrogen-bond acceptors (Lipinski definition) is 5. The summed E-state index contributed by atoms with van der Waals surface area (Å²) in [6.45, 7) is 6.05. The predicted octanol–water partition coefficient (Wildman–Crippen LogP) is 5.47. The van der Waals surface area contributed by atoms with E-state index in [1.54, 1.807) is 7.11 Å². The van der Waals surface area contributed by atoms with Crippen molar-refractivity contribution in [2.24, 2.45) is 5.92 Å². The number of para-hydroxylation sites is 1. The molecule has 6 nitrogen and oxygen atoms in total. The number of amides is 1. The van der Waals surface area contributed by atoms with Gasteiger partial charge in [0.05, 0.1) is 12.6 Å². The molecule has 0 aliphatic carbocycles. The van der Waals surface area contributed by atoms with Gasteiger partial charge in [0.1, 0.15) is 11.6 Å². The Balaban J connectivity index is 1.72. The third-order valence-corrected chi connectivity index (χ3v) is 5.76. The minimum absolute atomic E-state index is 0.0468. The highest BCUT2D eigenvalue weighted by Gasteiger charge is 2.17. The molecular formula is C29H32N4O2. The zero-order valence-electron chi connectivity index (χ0n) is 20.6. The molecule has 0 aliphatic heterocycles. The van der Waals surface area contributed by atoms with Gasteiger partial charge in [-0.3, -0.25) is 4.79 Å². The maximum Gasteiger partial charge on any atom is 0.221 e. The standard InChI is InChI=1S/C29H32N4O2/c1-21(2)19-30-27(34)17-18-33(20-22-9-5-4-6-10-22)29-25-11-7-8-12-26(25)31-28(32-29)23-13-15-24(35-3)16-14-23/h4-16,21H,17-20H2,1-3H3,(H,30,34). The van der Waals surface area contributed by atoms with Crippen LogP contribution in [0, 0.1) is 5.92 Å². The number of hydrogen-bond donors (Lipinski definition) is 1. The first-order valence-corrected chi connectivity index (χ1v) is 12.0. The van der Waals surface area contributed by atoms with Crippen LogP contribution in [0.5, 0.6) is 5.75 Å². The summed E-state index contributed by atoms with van der Waals surface area (Å²) < 4.78 is 5.31. The van der Waals surface area contributed by atoms with Gasteiger partial charge in [-0.25, -0.2) is 9.97 Å². The van der Waals surface area contributed by atoms with Gasteiger partial charge in [-0.15, -0.1) is 0 Å². The Bertz CT molecular complexity index is 1260. The molecule has 0 bridgehead atoms. The van der Waals surface area contributed by atoms with Gasteiger partial charge in [-0.2, -0.15) is 0 Å². The van der Waals surface area contributed by atoms with E-state index in [1.165, 1.54) is 0 Å². The van der Waals surface area contributed by atoms with E-state index in [2.05, 4.69) is 36.2 Å². The number of fused-ring (bicyclic) bond motifs is 1. The average Bonchev–Trinajstić information content (AvgIpc) is 2.90. The zero-order valence-corrected chi connectivity index (χ0v) is 20.6. The molecule has 0 unspecified atom stereocenters. The second kappa shape index (κ2) is 11.5. The number of nitrogens with one attached hydrogen (secondary N) is 1. The number of rotatable bonds is 10. The molecule has 0 radical (unpaired) electrons. The molecule has 1 amide bonds. The van der Waals surface area contributed by atoms with Crippen LogP contribution in [0.1, 0.15) is 25.8 Å². The fourth-order valence-electron chi connectivity index (χ4n) is 3.88. The molecule has 1 heterocycles. The highest BCUT2D eigenvalue weighted by molar-refractivity contribution is 5.91. The third-order valence-electron chi connectivity index (χ3n) is 5.76. The second-order valence-electron chi connectivity index (χ2n) is 8.97. The molecule has 0 atom stereocenters. The first-order valence-electron chi connectivity index (χ1n) is 12.0. The lowest BCUT2D eigenvalue weighted by Gasteiger charge is -2.25. The molecule has 0 aliphatic rings. The van der Waals surface area contributed by atoms with Gasteiger partial charge < -0.3 is 15.0 Å². The fraction of sp³-hybridized carbons (Fsp3) is 0.276. The van der Waals surface area contributed by atoms with Crippen molar-refractivity contribution in [3.05, 3.63) is 84.4 Å². The highest BCUT2D eigenvalue weighted by Crippen LogP contribution is 2.29. The second-order valence-corrected chi connectivity index (χ2v) is 8.97. The van der Waals surface area contributed by atoms with Crippen LogP contribution in [0.3, 0.4) is 0 Å². The third kappa shape index (κ3) is 6.35. The van der Waals surface area contributed by atoms with Gasteiger partial charge in [0.25, 0.3) is 0 Å². The number of carbonyl (C=O) groups is 1. The molecule has 0 spiro atoms. The molecule has 0 saturated heterocycles. The van der Waals surface area contributed by atoms with Crippen LogP contribution in [0.2, 0.25) is 0 Å². The fourth-order valence-corrected chi connectivity index (χ4v) is 3.88. The van der Waals surface area contributed by atoms with E-state index in [9.17, 15) is 4.79 Å². The maximum absolute atomic E-state index is 12.6. The lowest BCUT2D eigenvalue weighted by Crippen LogP contribution is -2.33. The highest BCUT2D eigenvalue weighted by atomic mass is 16.5. The van der Waals surface area contributed by atoms with Crippen LogP contribution in [0.4, 0.5) is 5.82 Å². The van der Waals surface area contributed by atoms with Crippen molar-refractivity contribution in [1.29, 1.82) is 0 Å². The molecule has 1 aromatic heterocycles. The van der Waals surface area contributed by atoms with Crippen LogP contribution < -0.4 is 15.0 Å². The van der Waals surface area contributed by atoms with Gasteiger partial charge in [-0.05, 0) is 47.9 Å². The van der Waals surface area contributed by atoms with Crippen LogP contribution in [0.25, 0.3) is 22.3 Å². The number of methoxy groups -OCH3 is 1. The Hall–Kier alpha value is -3.93. The minimum Gasteiger partial charge on any atom is -0.497 e. The molecule has 1 N–H and O–H groups in total. The predicted molar refractivity (Wildman–Crippen MR) is 141 cm³/mol. The molecule has 4 aromatic rings. The van der Waals surface area contributed by atoms with E-state index in [0.717, 1.165) is 33.6 Å². The van der Waals surface area contributed by atoms with E-state index in [1.807, 2.05) is 66.7 Å². The van der Waals surface area contributed by atoms with Crippen molar-refractivity contribution < 1.29 is 9.53 Å². The van der Waals surface area contributed by atoms with Crippen molar-refractivity contribution in [3.8, 4) is 17.1 Å². The van der Waals surface area contributed by atoms with Gasteiger partial charge in [0, 0.05) is 37.0 Å². The van der Waals surface area contributed by atoms with Crippen molar-refractivity contribution >= 4 is 22.6 Å². The molecule has 4 rings (SSSR count). The first kappa shape index (κ1) is 24.2. The van der Waals surface area contributed by atoms with Crippen LogP contribution in [-0.2, 0) is 11.3 Å². The maximum atomic E-state index is 12.6. The number of anilines is 1. The average molecular weight is 469 g/mol. The molecule has 180 valence electrons. The van der Waals surface area contributed by atoms with Crippen LogP contribution in [-0.4, -0.2) is 36.1 Å². The number of ether oxygens (including phenoxy) is 1. The monoisotopic (exact) mass is 468 g/mol. The van der Waals surface area contributed by atoms with Crippen molar-refractivity contribution in [1.82, 2.24) is 15.3 Å². The molecule has 0 fully saturated rings. The molecule has 35 heavy (non-hydrogen) atoms. The Kier molecular flexibility index (Phi) is 7.93. The van der Waals surface area contributed by atoms with Crippen molar-refractivity contribution in [3.63, 3.8) is 0 Å². The van der Waals surface area contributed by atoms with Gasteiger partial charge in [-0.1, -0.05) is 56.3 Å². The number of aromatic nitrogens is 2. The summed E-state index contributed by atoms with van der Waals surface area (Å²) in [6, 6.07) is 26.0. The molecule has 3 aromatic carbocycles. The first-order chi connectivity index (χ1) is 17.0. The van der Waals surface area contributed by atoms with E-state index in [-0.39, 0.29) is 5.91 Å². The summed E-state index contributed by atoms with van der Waals surface area (Å²) in [5.74, 6) is 2.71. The Labute approximate surface area is 207 Å². The van der Waals surface area contributed by atoms with E-state index in [0.29, 0.717) is 37.8 Å². The van der Waals surface area contributed by atoms with Gasteiger partial charge in [0.15, 0.2) is 5.82 Å². The summed E-state index contributed by atoms with van der Waals surface area (Å²) in [6.07, 6.45) is 0.385. The summed E-state index contributed by atoms with van der Waals surface area (Å²) in [4.78, 5) is 24.6. The lowest BCUT2D eigenvalue weighted by atomic mass is 10.1. The smallest absolute Gasteiger partial charge is 0.221 e. The minimum atomic E-state index is 0.0468. The van der Waals surface area contributed by atoms with Crippen LogP contribution in [0.15, 0.2) is 78.9 Å². The summed E-state index contributed by atoms with van der Waals surface area (Å²) in [7, 11) is 1.65. The Morgan fingerprint density at radius 2 is 1.66 bits per heavy atom. The number of benzene rings is 3. The molecule has 6 heteroatoms. The van der Waals surface area contributed by atoms with E-state index >= 15 is 0 Å². The normalized spacial score (nSPS) is 11.0. The SMILES string of the molecule is COc1ccc(-c2nc(N(CCC(=O)NCC(C)C)Cc3ccccc3)c3ccccc3n2)cc1. The summed E-state index contributed by atoms with van der Waals surface area (Å²) in [5.41, 5.74) is 2.93. The van der Waals surface area contributed by atoms with Gasteiger partial charge >= 0.3 is 0 Å². The summed E-state index contributed by atoms with van der Waals surface area (Å²) in [5, 5.41) is 3.99. The summed E-state index contributed by atoms with van der Waals surface area (Å²) >= 11 is 0. The zero-order chi connectivity index (χ0) is 24.6. The van der Waals surface area contributed by atoms with Gasteiger partial charge in [0.2, 0.25) is 5.91 Å². The van der Waals surface area contributed by atoms with Crippen molar-refractivity contribution in [2.45, 2.75) is 26.8 Å². The molecule has 0 saturated carbocycles. The number of nitrogens with zero attached hydrogens (tertiary/aromatic N) is 3. The Morgan fingerprint density at radius 3 is 2.37 bits per heavy atom. The van der Waals surface area contributed by atoms with Crippen molar-refractivity contribution in [2.75, 3.05) is 25.1 Å². The quantitative estimate of drug-likeness (QED) is 0.334. The van der Waals surface area contributed by atoms with Crippen LogP contribution >= 0.6 is 0 Å². The lowest BCUT2D eigenvalue weighted by molar-refractivity contribution is -0.121. The van der Waals surface area contributed by atoms with E-state index < -0.39 is 0 Å². The number of carbonyl (C=O) groups excluding carboxylic acids is 1. The van der Waals surface area contributed by atoms with E-state index in [4.69, 9.17) is 14.7 Å².